The normalized spacial score (nSPS) is 11.7. The molecule has 0 saturated heterocycles. The number of nitrogens with zero attached hydrogens (tertiary/aromatic N) is 6. The maximum absolute atomic E-state index is 9.65. The lowest BCUT2D eigenvalue weighted by molar-refractivity contribution is 0.276. The molecule has 0 aliphatic heterocycles. The molecule has 0 spiro atoms. The first-order valence-electron chi connectivity index (χ1n) is 9.69. The van der Waals surface area contributed by atoms with Crippen molar-refractivity contribution in [3.63, 3.8) is 0 Å². The number of imidazole rings is 1. The first kappa shape index (κ1) is 19.1. The molecule has 0 atom stereocenters. The van der Waals surface area contributed by atoms with Crippen LogP contribution in [-0.2, 0) is 13.7 Å². The molecular weight excluding hydrogens is 448 g/mol. The zero-order valence-electron chi connectivity index (χ0n) is 16.7. The molecule has 0 unspecified atom stereocenters. The second-order valence-corrected chi connectivity index (χ2v) is 8.97. The van der Waals surface area contributed by atoms with Crippen LogP contribution in [0.15, 0.2) is 42.9 Å². The van der Waals surface area contributed by atoms with Crippen LogP contribution in [0.2, 0.25) is 4.34 Å². The van der Waals surface area contributed by atoms with Gasteiger partial charge in [0.1, 0.15) is 11.0 Å². The topological polar surface area (TPSA) is 121 Å². The Morgan fingerprint density at radius 2 is 1.97 bits per heavy atom. The van der Waals surface area contributed by atoms with E-state index in [9.17, 15) is 5.11 Å². The number of halogens is 1. The van der Waals surface area contributed by atoms with Crippen molar-refractivity contribution in [1.82, 2.24) is 39.9 Å². The van der Waals surface area contributed by atoms with Crippen molar-refractivity contribution in [2.24, 2.45) is 7.05 Å². The molecule has 9 nitrogen and oxygen atoms in total. The first-order chi connectivity index (χ1) is 15.6. The van der Waals surface area contributed by atoms with Gasteiger partial charge in [-0.1, -0.05) is 11.6 Å². The van der Waals surface area contributed by atoms with Gasteiger partial charge in [0.25, 0.3) is 0 Å². The molecule has 0 aliphatic rings. The fourth-order valence-corrected chi connectivity index (χ4v) is 4.82. The average Bonchev–Trinajstić information content (AvgIpc) is 3.57. The van der Waals surface area contributed by atoms with Crippen molar-refractivity contribution < 1.29 is 5.11 Å². The molecule has 0 radical (unpaired) electrons. The fraction of sp³-hybridized carbons (Fsp3) is 0.0952. The summed E-state index contributed by atoms with van der Waals surface area (Å²) in [6.07, 6.45) is 5.36. The summed E-state index contributed by atoms with van der Waals surface area (Å²) < 4.78 is 2.37. The van der Waals surface area contributed by atoms with E-state index >= 15 is 0 Å². The summed E-state index contributed by atoms with van der Waals surface area (Å²) in [7, 11) is 1.81. The van der Waals surface area contributed by atoms with E-state index in [1.54, 1.807) is 17.1 Å². The zero-order valence-corrected chi connectivity index (χ0v) is 18.2. The van der Waals surface area contributed by atoms with Crippen molar-refractivity contribution in [1.29, 1.82) is 0 Å². The lowest BCUT2D eigenvalue weighted by Crippen LogP contribution is -1.91. The van der Waals surface area contributed by atoms with Gasteiger partial charge in [0, 0.05) is 35.4 Å². The summed E-state index contributed by atoms with van der Waals surface area (Å²) in [5.74, 6) is 0.585. The number of H-pyrrole nitrogens is 2. The Kier molecular flexibility index (Phi) is 4.32. The third-order valence-electron chi connectivity index (χ3n) is 5.20. The number of pyridine rings is 2. The lowest BCUT2D eigenvalue weighted by Gasteiger charge is -2.00. The van der Waals surface area contributed by atoms with Crippen LogP contribution >= 0.6 is 22.9 Å². The predicted octanol–water partition coefficient (Wildman–Crippen LogP) is 4.17. The highest BCUT2D eigenvalue weighted by Gasteiger charge is 2.19. The Labute approximate surface area is 189 Å². The quantitative estimate of drug-likeness (QED) is 0.361. The van der Waals surface area contributed by atoms with E-state index in [0.29, 0.717) is 32.8 Å². The predicted molar refractivity (Wildman–Crippen MR) is 123 cm³/mol. The number of aromatic amines is 2. The van der Waals surface area contributed by atoms with E-state index in [1.165, 1.54) is 11.3 Å². The molecule has 32 heavy (non-hydrogen) atoms. The summed E-state index contributed by atoms with van der Waals surface area (Å²) in [6.45, 7) is -0.166. The van der Waals surface area contributed by atoms with Gasteiger partial charge in [-0.15, -0.1) is 11.3 Å². The molecule has 3 N–H and O–H groups in total. The highest BCUT2D eigenvalue weighted by atomic mass is 35.5. The summed E-state index contributed by atoms with van der Waals surface area (Å²) in [6, 6.07) is 7.61. The third kappa shape index (κ3) is 3.00. The summed E-state index contributed by atoms with van der Waals surface area (Å²) >= 11 is 7.61. The number of aryl methyl sites for hydroxylation is 1. The van der Waals surface area contributed by atoms with Crippen molar-refractivity contribution in [2.45, 2.75) is 6.61 Å². The zero-order chi connectivity index (χ0) is 21.8. The van der Waals surface area contributed by atoms with Crippen LogP contribution < -0.4 is 0 Å². The van der Waals surface area contributed by atoms with Gasteiger partial charge >= 0.3 is 0 Å². The van der Waals surface area contributed by atoms with Gasteiger partial charge in [0.05, 0.1) is 39.6 Å². The number of fused-ring (bicyclic) bond motifs is 2. The number of thiophene rings is 1. The van der Waals surface area contributed by atoms with Crippen LogP contribution in [0, 0.1) is 0 Å². The summed E-state index contributed by atoms with van der Waals surface area (Å²) in [5.41, 5.74) is 6.57. The molecule has 6 aromatic heterocycles. The Hall–Kier alpha value is -3.60. The molecule has 0 saturated carbocycles. The summed E-state index contributed by atoms with van der Waals surface area (Å²) in [5, 5.41) is 21.4. The van der Waals surface area contributed by atoms with E-state index in [2.05, 4.69) is 25.3 Å². The van der Waals surface area contributed by atoms with E-state index in [-0.39, 0.29) is 6.61 Å². The molecule has 0 fully saturated rings. The minimum absolute atomic E-state index is 0.166. The molecular formula is C21H15ClN8OS. The number of aliphatic hydroxyl groups is 1. The number of hydrogen-bond donors (Lipinski definition) is 3. The smallest absolute Gasteiger partial charge is 0.161 e. The lowest BCUT2D eigenvalue weighted by atomic mass is 10.1. The van der Waals surface area contributed by atoms with Gasteiger partial charge in [-0.05, 0) is 24.3 Å². The minimum atomic E-state index is -0.166. The van der Waals surface area contributed by atoms with E-state index < -0.39 is 0 Å². The van der Waals surface area contributed by atoms with Crippen LogP contribution in [0.3, 0.4) is 0 Å². The van der Waals surface area contributed by atoms with Crippen LogP contribution in [0.4, 0.5) is 0 Å². The van der Waals surface area contributed by atoms with Crippen molar-refractivity contribution in [3.8, 4) is 33.2 Å². The Morgan fingerprint density at radius 3 is 2.78 bits per heavy atom. The maximum Gasteiger partial charge on any atom is 0.161 e. The van der Waals surface area contributed by atoms with Crippen molar-refractivity contribution in [2.75, 3.05) is 0 Å². The van der Waals surface area contributed by atoms with Crippen LogP contribution in [0.1, 0.15) is 5.69 Å². The molecule has 0 bridgehead atoms. The van der Waals surface area contributed by atoms with E-state index in [1.807, 2.05) is 37.5 Å². The molecule has 6 rings (SSSR count). The largest absolute Gasteiger partial charge is 0.390 e. The van der Waals surface area contributed by atoms with Gasteiger partial charge < -0.3 is 10.1 Å². The van der Waals surface area contributed by atoms with Gasteiger partial charge in [-0.3, -0.25) is 14.8 Å². The van der Waals surface area contributed by atoms with Crippen LogP contribution in [0.5, 0.6) is 0 Å². The average molecular weight is 463 g/mol. The fourth-order valence-electron chi connectivity index (χ4n) is 3.76. The van der Waals surface area contributed by atoms with Gasteiger partial charge in [-0.2, -0.15) is 10.2 Å². The second-order valence-electron chi connectivity index (χ2n) is 7.26. The molecule has 11 heteroatoms. The van der Waals surface area contributed by atoms with Crippen LogP contribution in [0.25, 0.3) is 55.3 Å². The molecule has 0 aromatic carbocycles. The Balaban J connectivity index is 1.51. The van der Waals surface area contributed by atoms with E-state index in [4.69, 9.17) is 21.6 Å². The second kappa shape index (κ2) is 7.23. The summed E-state index contributed by atoms with van der Waals surface area (Å²) in [4.78, 5) is 18.3. The molecule has 0 amide bonds. The van der Waals surface area contributed by atoms with E-state index in [0.717, 1.165) is 32.6 Å². The van der Waals surface area contributed by atoms with Crippen molar-refractivity contribution >= 4 is 45.0 Å². The molecule has 158 valence electrons. The Morgan fingerprint density at radius 1 is 1.06 bits per heavy atom. The number of rotatable bonds is 4. The molecule has 0 aliphatic carbocycles. The number of aromatic nitrogens is 8. The highest BCUT2D eigenvalue weighted by Crippen LogP contribution is 2.35. The Bertz CT molecular complexity index is 1610. The monoisotopic (exact) mass is 462 g/mol. The number of nitrogens with one attached hydrogen (secondary N) is 2. The SMILES string of the molecule is Cn1cc(-c2ccc3[nH]nc(-c4nc5c(-c6ccc(Cl)s6)cncc5[nH]4)c3n2)c(CO)n1. The molecule has 6 heterocycles. The maximum atomic E-state index is 9.65. The number of hydrogen-bond acceptors (Lipinski definition) is 7. The number of aliphatic hydroxyl groups excluding tert-OH is 1. The van der Waals surface area contributed by atoms with Gasteiger partial charge in [-0.25, -0.2) is 9.97 Å². The highest BCUT2D eigenvalue weighted by molar-refractivity contribution is 7.19. The van der Waals surface area contributed by atoms with Crippen molar-refractivity contribution in [3.05, 3.63) is 52.9 Å². The van der Waals surface area contributed by atoms with Gasteiger partial charge in [0.2, 0.25) is 0 Å². The minimum Gasteiger partial charge on any atom is -0.390 e. The first-order valence-corrected chi connectivity index (χ1v) is 10.9. The third-order valence-corrected chi connectivity index (χ3v) is 6.46. The van der Waals surface area contributed by atoms with Gasteiger partial charge in [0.15, 0.2) is 11.5 Å². The standard InChI is InChI=1S/C21H15ClN8OS/c1-30-8-11(15(9-31)29-30)12-2-3-13-19(24-12)20(28-27-13)21-25-14-7-23-6-10(18(14)26-21)16-4-5-17(22)32-16/h2-8,31H,9H2,1H3,(H,25,26)(H,27,28). The van der Waals surface area contributed by atoms with Crippen LogP contribution in [-0.4, -0.2) is 45.0 Å². The molecule has 6 aromatic rings.